The quantitative estimate of drug-likeness (QED) is 0.162. The Morgan fingerprint density at radius 2 is 1.74 bits per heavy atom. The van der Waals surface area contributed by atoms with Gasteiger partial charge in [0.25, 0.3) is 5.69 Å². The SMILES string of the molecule is COc1cccc(COC(=O)c2ccccc2C(=O)c2ccc(SC)c([N+](=O)[O-])c2)c1. The Balaban J connectivity index is 1.85. The molecule has 0 N–H and O–H groups in total. The third-order valence-electron chi connectivity index (χ3n) is 4.53. The van der Waals surface area contributed by atoms with Gasteiger partial charge in [0.2, 0.25) is 0 Å². The minimum atomic E-state index is -0.665. The first-order valence-electron chi connectivity index (χ1n) is 9.20. The predicted molar refractivity (Wildman–Crippen MR) is 117 cm³/mol. The van der Waals surface area contributed by atoms with Gasteiger partial charge in [0.1, 0.15) is 12.4 Å². The molecule has 31 heavy (non-hydrogen) atoms. The molecule has 0 aliphatic carbocycles. The van der Waals surface area contributed by atoms with Crippen molar-refractivity contribution in [1.29, 1.82) is 0 Å². The Labute approximate surface area is 183 Å². The summed E-state index contributed by atoms with van der Waals surface area (Å²) in [7, 11) is 1.54. The van der Waals surface area contributed by atoms with Gasteiger partial charge in [-0.15, -0.1) is 11.8 Å². The van der Waals surface area contributed by atoms with Crippen LogP contribution in [0, 0.1) is 10.1 Å². The maximum Gasteiger partial charge on any atom is 0.339 e. The Kier molecular flexibility index (Phi) is 7.04. The molecule has 0 aromatic heterocycles. The molecule has 0 amide bonds. The van der Waals surface area contributed by atoms with Crippen LogP contribution in [0.4, 0.5) is 5.69 Å². The average molecular weight is 437 g/mol. The number of methoxy groups -OCH3 is 1. The van der Waals surface area contributed by atoms with Crippen LogP contribution >= 0.6 is 11.8 Å². The Bertz CT molecular complexity index is 1140. The molecular formula is C23H19NO6S. The van der Waals surface area contributed by atoms with E-state index in [1.54, 1.807) is 49.8 Å². The lowest BCUT2D eigenvalue weighted by atomic mass is 9.98. The Hall–Kier alpha value is -3.65. The summed E-state index contributed by atoms with van der Waals surface area (Å²) in [4.78, 5) is 37.0. The van der Waals surface area contributed by atoms with Crippen LogP contribution in [0.15, 0.2) is 71.6 Å². The van der Waals surface area contributed by atoms with Gasteiger partial charge in [-0.25, -0.2) is 4.79 Å². The minimum Gasteiger partial charge on any atom is -0.497 e. The third-order valence-corrected chi connectivity index (χ3v) is 5.32. The lowest BCUT2D eigenvalue weighted by Crippen LogP contribution is -2.13. The summed E-state index contributed by atoms with van der Waals surface area (Å²) >= 11 is 1.22. The lowest BCUT2D eigenvalue weighted by Gasteiger charge is -2.10. The molecule has 7 nitrogen and oxygen atoms in total. The number of thioether (sulfide) groups is 1. The maximum atomic E-state index is 13.1. The van der Waals surface area contributed by atoms with Crippen LogP contribution < -0.4 is 4.74 Å². The number of rotatable bonds is 8. The topological polar surface area (TPSA) is 95.7 Å². The fourth-order valence-electron chi connectivity index (χ4n) is 2.98. The van der Waals surface area contributed by atoms with Crippen LogP contribution in [-0.2, 0) is 11.3 Å². The standard InChI is InChI=1S/C23H19NO6S/c1-29-17-7-5-6-15(12-17)14-30-23(26)19-9-4-3-8-18(19)22(25)16-10-11-21(31-2)20(13-16)24(27)28/h3-13H,14H2,1-2H3. The molecule has 3 aromatic carbocycles. The molecule has 0 atom stereocenters. The van der Waals surface area contributed by atoms with Crippen LogP contribution in [0.25, 0.3) is 0 Å². The van der Waals surface area contributed by atoms with Crippen LogP contribution in [0.2, 0.25) is 0 Å². The van der Waals surface area contributed by atoms with E-state index in [1.165, 1.54) is 42.1 Å². The van der Waals surface area contributed by atoms with Crippen molar-refractivity contribution in [3.8, 4) is 5.75 Å². The largest absolute Gasteiger partial charge is 0.497 e. The molecule has 3 aromatic rings. The normalized spacial score (nSPS) is 10.4. The summed E-state index contributed by atoms with van der Waals surface area (Å²) in [6.45, 7) is 0.00640. The van der Waals surface area contributed by atoms with Gasteiger partial charge < -0.3 is 9.47 Å². The number of ether oxygens (including phenoxy) is 2. The molecule has 0 aliphatic rings. The van der Waals surface area contributed by atoms with Gasteiger partial charge in [0.05, 0.1) is 22.5 Å². The monoisotopic (exact) mass is 437 g/mol. The van der Waals surface area contributed by atoms with E-state index in [0.29, 0.717) is 10.6 Å². The number of nitrogens with zero attached hydrogens (tertiary/aromatic N) is 1. The molecule has 0 fully saturated rings. The predicted octanol–water partition coefficient (Wildman–Crippen LogP) is 4.91. The number of ketones is 1. The smallest absolute Gasteiger partial charge is 0.339 e. The number of benzene rings is 3. The first-order valence-corrected chi connectivity index (χ1v) is 10.4. The highest BCUT2D eigenvalue weighted by Gasteiger charge is 2.22. The Morgan fingerprint density at radius 1 is 1.00 bits per heavy atom. The van der Waals surface area contributed by atoms with Gasteiger partial charge in [-0.3, -0.25) is 14.9 Å². The number of carbonyl (C=O) groups is 2. The van der Waals surface area contributed by atoms with Crippen molar-refractivity contribution in [3.63, 3.8) is 0 Å². The number of hydrogen-bond acceptors (Lipinski definition) is 7. The number of nitro benzene ring substituents is 1. The van der Waals surface area contributed by atoms with Crippen LogP contribution in [0.5, 0.6) is 5.75 Å². The molecule has 0 bridgehead atoms. The molecule has 3 rings (SSSR count). The van der Waals surface area contributed by atoms with E-state index in [4.69, 9.17) is 9.47 Å². The first-order chi connectivity index (χ1) is 14.9. The number of nitro groups is 1. The fourth-order valence-corrected chi connectivity index (χ4v) is 3.52. The first kappa shape index (κ1) is 22.0. The van der Waals surface area contributed by atoms with Crippen LogP contribution in [-0.4, -0.2) is 30.0 Å². The summed E-state index contributed by atoms with van der Waals surface area (Å²) in [6, 6.07) is 17.6. The third kappa shape index (κ3) is 5.10. The Morgan fingerprint density at radius 3 is 2.42 bits per heavy atom. The zero-order valence-corrected chi connectivity index (χ0v) is 17.7. The molecule has 8 heteroatoms. The molecule has 0 heterocycles. The van der Waals surface area contributed by atoms with Crippen molar-refractivity contribution in [2.75, 3.05) is 13.4 Å². The summed E-state index contributed by atoms with van der Waals surface area (Å²) in [5.41, 5.74) is 0.907. The van der Waals surface area contributed by atoms with Gasteiger partial charge >= 0.3 is 5.97 Å². The molecular weight excluding hydrogens is 418 g/mol. The summed E-state index contributed by atoms with van der Waals surface area (Å²) in [5.74, 6) is -0.522. The molecule has 0 saturated carbocycles. The second kappa shape index (κ2) is 9.90. The van der Waals surface area contributed by atoms with E-state index in [0.717, 1.165) is 5.56 Å². The molecule has 0 spiro atoms. The molecule has 158 valence electrons. The zero-order valence-electron chi connectivity index (χ0n) is 16.9. The summed E-state index contributed by atoms with van der Waals surface area (Å²) in [5, 5.41) is 11.3. The van der Waals surface area contributed by atoms with Crippen molar-refractivity contribution >= 4 is 29.2 Å². The molecule has 0 unspecified atom stereocenters. The molecule has 0 saturated heterocycles. The van der Waals surface area contributed by atoms with Gasteiger partial charge in [0, 0.05) is 17.2 Å². The van der Waals surface area contributed by atoms with Crippen LogP contribution in [0.3, 0.4) is 0 Å². The summed E-state index contributed by atoms with van der Waals surface area (Å²) < 4.78 is 10.5. The molecule has 0 radical (unpaired) electrons. The van der Waals surface area contributed by atoms with Crippen molar-refractivity contribution < 1.29 is 24.0 Å². The molecule has 0 aliphatic heterocycles. The maximum absolute atomic E-state index is 13.1. The van der Waals surface area contributed by atoms with Crippen molar-refractivity contribution in [3.05, 3.63) is 99.1 Å². The second-order valence-electron chi connectivity index (χ2n) is 6.45. The fraction of sp³-hybridized carbons (Fsp3) is 0.130. The number of carbonyl (C=O) groups excluding carboxylic acids is 2. The highest BCUT2D eigenvalue weighted by Crippen LogP contribution is 2.29. The van der Waals surface area contributed by atoms with Crippen LogP contribution in [0.1, 0.15) is 31.8 Å². The van der Waals surface area contributed by atoms with Gasteiger partial charge in [-0.05, 0) is 42.2 Å². The van der Waals surface area contributed by atoms with Gasteiger partial charge in [-0.1, -0.05) is 30.3 Å². The van der Waals surface area contributed by atoms with Crippen molar-refractivity contribution in [2.24, 2.45) is 0 Å². The van der Waals surface area contributed by atoms with E-state index in [9.17, 15) is 19.7 Å². The average Bonchev–Trinajstić information content (AvgIpc) is 2.81. The second-order valence-corrected chi connectivity index (χ2v) is 7.29. The highest BCUT2D eigenvalue weighted by atomic mass is 32.2. The summed E-state index contributed by atoms with van der Waals surface area (Å²) in [6.07, 6.45) is 1.72. The van der Waals surface area contributed by atoms with Gasteiger partial charge in [-0.2, -0.15) is 0 Å². The van der Waals surface area contributed by atoms with Gasteiger partial charge in [0.15, 0.2) is 5.78 Å². The number of esters is 1. The zero-order chi connectivity index (χ0) is 22.4. The van der Waals surface area contributed by atoms with Crippen molar-refractivity contribution in [2.45, 2.75) is 11.5 Å². The lowest BCUT2D eigenvalue weighted by molar-refractivity contribution is -0.387. The number of hydrogen-bond donors (Lipinski definition) is 0. The van der Waals surface area contributed by atoms with E-state index in [1.807, 2.05) is 0 Å². The van der Waals surface area contributed by atoms with E-state index in [-0.39, 0.29) is 29.0 Å². The minimum absolute atomic E-state index is 0.00640. The van der Waals surface area contributed by atoms with E-state index in [2.05, 4.69) is 0 Å². The van der Waals surface area contributed by atoms with Crippen molar-refractivity contribution in [1.82, 2.24) is 0 Å². The van der Waals surface area contributed by atoms with E-state index >= 15 is 0 Å². The van der Waals surface area contributed by atoms with E-state index < -0.39 is 16.7 Å². The highest BCUT2D eigenvalue weighted by molar-refractivity contribution is 7.98.